The number of ether oxygens (including phenoxy) is 1. The Morgan fingerprint density at radius 3 is 2.87 bits per heavy atom. The molecule has 1 aromatic heterocycles. The highest BCUT2D eigenvalue weighted by Crippen LogP contribution is 2.15. The van der Waals surface area contributed by atoms with Crippen LogP contribution in [0.5, 0.6) is 0 Å². The Kier molecular flexibility index (Phi) is 6.99. The van der Waals surface area contributed by atoms with Crippen molar-refractivity contribution in [3.05, 3.63) is 41.0 Å². The van der Waals surface area contributed by atoms with Crippen LogP contribution >= 0.6 is 12.4 Å². The number of aryl methyl sites for hydroxylation is 1. The number of carbonyl (C=O) groups is 1. The maximum atomic E-state index is 12.5. The third-order valence-electron chi connectivity index (χ3n) is 3.25. The number of nitrogen functional groups attached to an aromatic ring is 1. The van der Waals surface area contributed by atoms with Crippen molar-refractivity contribution in [1.82, 2.24) is 15.0 Å². The Hall–Kier alpha value is -2.12. The normalized spacial score (nSPS) is 10.2. The zero-order valence-electron chi connectivity index (χ0n) is 13.4. The molecule has 2 aromatic rings. The van der Waals surface area contributed by atoms with E-state index in [4.69, 9.17) is 15.0 Å². The number of carbonyl (C=O) groups excluding carboxylic acids is 1. The first kappa shape index (κ1) is 18.9. The number of anilines is 1. The van der Waals surface area contributed by atoms with E-state index in [1.165, 1.54) is 4.90 Å². The van der Waals surface area contributed by atoms with Gasteiger partial charge in [-0.3, -0.25) is 4.79 Å². The predicted molar refractivity (Wildman–Crippen MR) is 88.5 cm³/mol. The van der Waals surface area contributed by atoms with E-state index in [-0.39, 0.29) is 24.9 Å². The molecule has 1 amide bonds. The summed E-state index contributed by atoms with van der Waals surface area (Å²) in [6.45, 7) is 2.64. The molecule has 2 N–H and O–H groups in total. The number of rotatable bonds is 6. The summed E-state index contributed by atoms with van der Waals surface area (Å²) < 4.78 is 10.1. The minimum atomic E-state index is -0.138. The van der Waals surface area contributed by atoms with E-state index in [1.807, 2.05) is 13.0 Å². The molecule has 0 atom stereocenters. The first-order valence-electron chi connectivity index (χ1n) is 6.93. The van der Waals surface area contributed by atoms with Crippen molar-refractivity contribution >= 4 is 24.0 Å². The van der Waals surface area contributed by atoms with Crippen molar-refractivity contribution in [3.8, 4) is 0 Å². The van der Waals surface area contributed by atoms with Crippen LogP contribution in [0, 0.1) is 6.92 Å². The SMILES string of the molecule is COCCc1noc(CN(C)C(=O)c2cc(N)ccc2C)n1.Cl. The Morgan fingerprint density at radius 1 is 1.43 bits per heavy atom. The first-order chi connectivity index (χ1) is 10.5. The molecule has 1 heterocycles. The largest absolute Gasteiger partial charge is 0.399 e. The van der Waals surface area contributed by atoms with Crippen LogP contribution in [0.4, 0.5) is 5.69 Å². The second kappa shape index (κ2) is 8.50. The van der Waals surface area contributed by atoms with Gasteiger partial charge in [0.1, 0.15) is 0 Å². The Morgan fingerprint density at radius 2 is 2.17 bits per heavy atom. The van der Waals surface area contributed by atoms with E-state index in [9.17, 15) is 4.79 Å². The van der Waals surface area contributed by atoms with Gasteiger partial charge in [-0.15, -0.1) is 12.4 Å². The van der Waals surface area contributed by atoms with Crippen molar-refractivity contribution in [1.29, 1.82) is 0 Å². The fraction of sp³-hybridized carbons (Fsp3) is 0.400. The molecule has 0 saturated carbocycles. The lowest BCUT2D eigenvalue weighted by atomic mass is 10.1. The van der Waals surface area contributed by atoms with Crippen LogP contribution in [0.15, 0.2) is 22.7 Å². The van der Waals surface area contributed by atoms with Crippen molar-refractivity contribution in [2.45, 2.75) is 19.9 Å². The number of methoxy groups -OCH3 is 1. The summed E-state index contributed by atoms with van der Waals surface area (Å²) in [7, 11) is 3.30. The molecule has 7 nitrogen and oxygen atoms in total. The highest BCUT2D eigenvalue weighted by atomic mass is 35.5. The fourth-order valence-electron chi connectivity index (χ4n) is 2.00. The molecule has 2 rings (SSSR count). The molecule has 0 saturated heterocycles. The van der Waals surface area contributed by atoms with Crippen LogP contribution in [0.25, 0.3) is 0 Å². The third kappa shape index (κ3) is 4.94. The lowest BCUT2D eigenvalue weighted by Gasteiger charge is -2.16. The van der Waals surface area contributed by atoms with Gasteiger partial charge < -0.3 is 19.9 Å². The molecule has 0 fully saturated rings. The van der Waals surface area contributed by atoms with Gasteiger partial charge in [0, 0.05) is 31.8 Å². The molecule has 0 aliphatic carbocycles. The van der Waals surface area contributed by atoms with E-state index in [0.29, 0.717) is 36.0 Å². The van der Waals surface area contributed by atoms with E-state index >= 15 is 0 Å². The highest BCUT2D eigenvalue weighted by Gasteiger charge is 2.17. The van der Waals surface area contributed by atoms with Crippen molar-refractivity contribution in [2.24, 2.45) is 0 Å². The van der Waals surface area contributed by atoms with Crippen molar-refractivity contribution < 1.29 is 14.1 Å². The summed E-state index contributed by atoms with van der Waals surface area (Å²) in [6.07, 6.45) is 0.575. The van der Waals surface area contributed by atoms with Gasteiger partial charge in [0.2, 0.25) is 5.89 Å². The number of hydrogen-bond acceptors (Lipinski definition) is 6. The second-order valence-electron chi connectivity index (χ2n) is 5.08. The van der Waals surface area contributed by atoms with Gasteiger partial charge in [-0.25, -0.2) is 0 Å². The Labute approximate surface area is 141 Å². The van der Waals surface area contributed by atoms with E-state index < -0.39 is 0 Å². The molecule has 23 heavy (non-hydrogen) atoms. The summed E-state index contributed by atoms with van der Waals surface area (Å²) in [4.78, 5) is 18.2. The van der Waals surface area contributed by atoms with Gasteiger partial charge in [-0.05, 0) is 24.6 Å². The van der Waals surface area contributed by atoms with Gasteiger partial charge in [-0.1, -0.05) is 11.2 Å². The van der Waals surface area contributed by atoms with Gasteiger partial charge in [-0.2, -0.15) is 4.98 Å². The topological polar surface area (TPSA) is 94.5 Å². The first-order valence-corrected chi connectivity index (χ1v) is 6.93. The maximum Gasteiger partial charge on any atom is 0.254 e. The predicted octanol–water partition coefficient (Wildman–Crippen LogP) is 1.84. The Bertz CT molecular complexity index is 660. The van der Waals surface area contributed by atoms with Crippen LogP contribution in [-0.2, 0) is 17.7 Å². The smallest absolute Gasteiger partial charge is 0.254 e. The molecule has 126 valence electrons. The van der Waals surface area contributed by atoms with Crippen molar-refractivity contribution in [2.75, 3.05) is 26.5 Å². The molecule has 0 spiro atoms. The zero-order chi connectivity index (χ0) is 16.1. The third-order valence-corrected chi connectivity index (χ3v) is 3.25. The van der Waals surface area contributed by atoms with Crippen LogP contribution in [-0.4, -0.2) is 41.7 Å². The van der Waals surface area contributed by atoms with E-state index in [2.05, 4.69) is 10.1 Å². The highest BCUT2D eigenvalue weighted by molar-refractivity contribution is 5.96. The summed E-state index contributed by atoms with van der Waals surface area (Å²) in [5.74, 6) is 0.822. The summed E-state index contributed by atoms with van der Waals surface area (Å²) >= 11 is 0. The van der Waals surface area contributed by atoms with Crippen LogP contribution in [0.1, 0.15) is 27.6 Å². The monoisotopic (exact) mass is 340 g/mol. The number of nitrogens with zero attached hydrogens (tertiary/aromatic N) is 3. The number of benzene rings is 1. The maximum absolute atomic E-state index is 12.5. The average molecular weight is 341 g/mol. The van der Waals surface area contributed by atoms with E-state index in [0.717, 1.165) is 5.56 Å². The summed E-state index contributed by atoms with van der Waals surface area (Å²) in [5.41, 5.74) is 7.75. The van der Waals surface area contributed by atoms with Gasteiger partial charge in [0.15, 0.2) is 5.82 Å². The van der Waals surface area contributed by atoms with Crippen LogP contribution in [0.2, 0.25) is 0 Å². The lowest BCUT2D eigenvalue weighted by Crippen LogP contribution is -2.27. The number of hydrogen-bond donors (Lipinski definition) is 1. The lowest BCUT2D eigenvalue weighted by molar-refractivity contribution is 0.0769. The fourth-order valence-corrected chi connectivity index (χ4v) is 2.00. The van der Waals surface area contributed by atoms with Gasteiger partial charge in [0.25, 0.3) is 5.91 Å². The molecular weight excluding hydrogens is 320 g/mol. The number of halogens is 1. The van der Waals surface area contributed by atoms with Gasteiger partial charge in [0.05, 0.1) is 13.2 Å². The van der Waals surface area contributed by atoms with Crippen LogP contribution < -0.4 is 5.73 Å². The molecule has 1 aromatic carbocycles. The number of aromatic nitrogens is 2. The summed E-state index contributed by atoms with van der Waals surface area (Å²) in [6, 6.07) is 5.27. The standard InChI is InChI=1S/C15H20N4O3.ClH/c1-10-4-5-11(16)8-12(10)15(20)19(2)9-14-17-13(18-22-14)6-7-21-3;/h4-5,8H,6-7,9,16H2,1-3H3;1H. The molecule has 0 unspecified atom stereocenters. The Balaban J connectivity index is 0.00000264. The molecular formula is C15H21ClN4O3. The summed E-state index contributed by atoms with van der Waals surface area (Å²) in [5, 5.41) is 3.85. The van der Waals surface area contributed by atoms with Gasteiger partial charge >= 0.3 is 0 Å². The second-order valence-corrected chi connectivity index (χ2v) is 5.08. The molecule has 0 bridgehead atoms. The quantitative estimate of drug-likeness (QED) is 0.806. The van der Waals surface area contributed by atoms with E-state index in [1.54, 1.807) is 26.3 Å². The zero-order valence-corrected chi connectivity index (χ0v) is 14.2. The molecule has 0 aliphatic heterocycles. The molecule has 0 aliphatic rings. The van der Waals surface area contributed by atoms with Crippen LogP contribution in [0.3, 0.4) is 0 Å². The number of nitrogens with two attached hydrogens (primary N) is 1. The minimum Gasteiger partial charge on any atom is -0.399 e. The molecule has 8 heteroatoms. The molecule has 0 radical (unpaired) electrons. The minimum absolute atomic E-state index is 0. The number of amides is 1. The van der Waals surface area contributed by atoms with Crippen molar-refractivity contribution in [3.63, 3.8) is 0 Å². The average Bonchev–Trinajstić information content (AvgIpc) is 2.94.